The van der Waals surface area contributed by atoms with Gasteiger partial charge in [-0.3, -0.25) is 0 Å². The Morgan fingerprint density at radius 3 is 2.64 bits per heavy atom. The number of aliphatic hydroxyl groups is 1. The van der Waals surface area contributed by atoms with E-state index < -0.39 is 12.4 Å². The molecule has 1 rings (SSSR count). The van der Waals surface area contributed by atoms with Gasteiger partial charge in [-0.2, -0.15) is 0 Å². The van der Waals surface area contributed by atoms with Gasteiger partial charge in [0.2, 0.25) is 0 Å². The van der Waals surface area contributed by atoms with Crippen molar-refractivity contribution in [2.75, 3.05) is 27.6 Å². The summed E-state index contributed by atoms with van der Waals surface area (Å²) in [5, 5.41) is 9.53. The summed E-state index contributed by atoms with van der Waals surface area (Å²) in [5.41, 5.74) is 0. The van der Waals surface area contributed by atoms with Gasteiger partial charge < -0.3 is 24.1 Å². The highest BCUT2D eigenvalue weighted by atomic mass is 16.7. The predicted molar refractivity (Wildman–Crippen MR) is 48.7 cm³/mol. The number of ether oxygens (including phenoxy) is 4. The minimum absolute atomic E-state index is 0.123. The lowest BCUT2D eigenvalue weighted by molar-refractivity contribution is -0.271. The Bertz CT molecular complexity index is 163. The zero-order valence-electron chi connectivity index (χ0n) is 8.80. The Hall–Kier alpha value is -0.200. The molecule has 0 amide bonds. The van der Waals surface area contributed by atoms with Crippen LogP contribution < -0.4 is 0 Å². The zero-order valence-corrected chi connectivity index (χ0v) is 8.80. The quantitative estimate of drug-likeness (QED) is 0.655. The van der Waals surface area contributed by atoms with E-state index in [4.69, 9.17) is 18.9 Å². The van der Waals surface area contributed by atoms with E-state index >= 15 is 0 Å². The summed E-state index contributed by atoms with van der Waals surface area (Å²) in [6.45, 7) is 2.59. The second-order valence-corrected chi connectivity index (χ2v) is 3.44. The Balaban J connectivity index is 2.54. The molecule has 1 unspecified atom stereocenters. The fourth-order valence-corrected chi connectivity index (χ4v) is 1.62. The van der Waals surface area contributed by atoms with Gasteiger partial charge in [0.15, 0.2) is 6.29 Å². The average Bonchev–Trinajstić information content (AvgIpc) is 2.19. The van der Waals surface area contributed by atoms with Crippen LogP contribution in [-0.4, -0.2) is 51.2 Å². The average molecular weight is 206 g/mol. The minimum Gasteiger partial charge on any atom is -0.378 e. The SMILES string of the molecule is COCO[C@H]1C(O)OC[C@H](C)[C@@H]1OC. The van der Waals surface area contributed by atoms with Crippen molar-refractivity contribution < 1.29 is 24.1 Å². The Kier molecular flexibility index (Phi) is 4.77. The fourth-order valence-electron chi connectivity index (χ4n) is 1.62. The first-order chi connectivity index (χ1) is 6.70. The van der Waals surface area contributed by atoms with Gasteiger partial charge in [-0.05, 0) is 0 Å². The molecule has 0 radical (unpaired) electrons. The summed E-state index contributed by atoms with van der Waals surface area (Å²) in [6.07, 6.45) is -1.58. The van der Waals surface area contributed by atoms with E-state index in [-0.39, 0.29) is 18.8 Å². The van der Waals surface area contributed by atoms with Crippen LogP contribution in [0, 0.1) is 5.92 Å². The molecular formula is C9H18O5. The van der Waals surface area contributed by atoms with Gasteiger partial charge in [0.1, 0.15) is 12.9 Å². The van der Waals surface area contributed by atoms with E-state index in [1.165, 1.54) is 7.11 Å². The van der Waals surface area contributed by atoms with Crippen molar-refractivity contribution in [2.24, 2.45) is 5.92 Å². The molecule has 1 fully saturated rings. The van der Waals surface area contributed by atoms with Crippen molar-refractivity contribution in [1.82, 2.24) is 0 Å². The summed E-state index contributed by atoms with van der Waals surface area (Å²) in [5.74, 6) is 0.199. The molecule has 1 aliphatic heterocycles. The van der Waals surface area contributed by atoms with Crippen molar-refractivity contribution in [1.29, 1.82) is 0 Å². The maximum absolute atomic E-state index is 9.53. The molecule has 84 valence electrons. The molecular weight excluding hydrogens is 188 g/mol. The van der Waals surface area contributed by atoms with Crippen molar-refractivity contribution in [3.05, 3.63) is 0 Å². The van der Waals surface area contributed by atoms with Crippen LogP contribution in [0.25, 0.3) is 0 Å². The van der Waals surface area contributed by atoms with Gasteiger partial charge >= 0.3 is 0 Å². The largest absolute Gasteiger partial charge is 0.378 e. The van der Waals surface area contributed by atoms with Gasteiger partial charge in [0.25, 0.3) is 0 Å². The minimum atomic E-state index is -0.939. The third kappa shape index (κ3) is 2.65. The molecule has 1 heterocycles. The van der Waals surface area contributed by atoms with Crippen LogP contribution in [0.5, 0.6) is 0 Å². The second-order valence-electron chi connectivity index (χ2n) is 3.44. The molecule has 14 heavy (non-hydrogen) atoms. The molecule has 0 saturated carbocycles. The van der Waals surface area contributed by atoms with E-state index in [1.54, 1.807) is 7.11 Å². The summed E-state index contributed by atoms with van der Waals surface area (Å²) in [6, 6.07) is 0. The van der Waals surface area contributed by atoms with E-state index in [0.717, 1.165) is 0 Å². The highest BCUT2D eigenvalue weighted by Gasteiger charge is 2.38. The lowest BCUT2D eigenvalue weighted by Crippen LogP contribution is -2.51. The van der Waals surface area contributed by atoms with Crippen molar-refractivity contribution in [2.45, 2.75) is 25.4 Å². The molecule has 0 aromatic rings. The Labute approximate surface area is 83.9 Å². The lowest BCUT2D eigenvalue weighted by atomic mass is 9.97. The van der Waals surface area contributed by atoms with Crippen LogP contribution in [0.2, 0.25) is 0 Å². The third-order valence-electron chi connectivity index (χ3n) is 2.35. The smallest absolute Gasteiger partial charge is 0.183 e. The summed E-state index contributed by atoms with van der Waals surface area (Å²) >= 11 is 0. The summed E-state index contributed by atoms with van der Waals surface area (Å²) in [7, 11) is 3.13. The topological polar surface area (TPSA) is 57.2 Å². The molecule has 1 saturated heterocycles. The molecule has 1 aliphatic rings. The van der Waals surface area contributed by atoms with Gasteiger partial charge in [-0.1, -0.05) is 6.92 Å². The fraction of sp³-hybridized carbons (Fsp3) is 1.00. The Morgan fingerprint density at radius 2 is 2.07 bits per heavy atom. The first kappa shape index (κ1) is 11.9. The molecule has 0 aromatic carbocycles. The van der Waals surface area contributed by atoms with E-state index in [2.05, 4.69) is 0 Å². The first-order valence-corrected chi connectivity index (χ1v) is 4.63. The van der Waals surface area contributed by atoms with Crippen LogP contribution in [0.3, 0.4) is 0 Å². The van der Waals surface area contributed by atoms with Crippen LogP contribution >= 0.6 is 0 Å². The van der Waals surface area contributed by atoms with Crippen LogP contribution in [0.1, 0.15) is 6.92 Å². The molecule has 1 N–H and O–H groups in total. The molecule has 0 aromatic heterocycles. The lowest BCUT2D eigenvalue weighted by Gasteiger charge is -2.37. The number of rotatable bonds is 4. The summed E-state index contributed by atoms with van der Waals surface area (Å²) in [4.78, 5) is 0. The van der Waals surface area contributed by atoms with Gasteiger partial charge in [0, 0.05) is 20.1 Å². The molecule has 0 spiro atoms. The number of aliphatic hydroxyl groups excluding tert-OH is 1. The van der Waals surface area contributed by atoms with Crippen LogP contribution in [0.15, 0.2) is 0 Å². The molecule has 5 nitrogen and oxygen atoms in total. The van der Waals surface area contributed by atoms with Gasteiger partial charge in [0.05, 0.1) is 12.7 Å². The standard InChI is InChI=1S/C9H18O5/c1-6-4-13-9(10)8(7(6)12-3)14-5-11-2/h6-10H,4-5H2,1-3H3/t6-,7-,8+,9?/m0/s1. The van der Waals surface area contributed by atoms with Gasteiger partial charge in [-0.25, -0.2) is 0 Å². The highest BCUT2D eigenvalue weighted by molar-refractivity contribution is 4.82. The summed E-state index contributed by atoms with van der Waals surface area (Å²) < 4.78 is 20.5. The van der Waals surface area contributed by atoms with Crippen molar-refractivity contribution >= 4 is 0 Å². The van der Waals surface area contributed by atoms with E-state index in [1.807, 2.05) is 6.92 Å². The molecule has 0 bridgehead atoms. The molecule has 0 aliphatic carbocycles. The highest BCUT2D eigenvalue weighted by Crippen LogP contribution is 2.23. The van der Waals surface area contributed by atoms with Gasteiger partial charge in [-0.15, -0.1) is 0 Å². The van der Waals surface area contributed by atoms with E-state index in [0.29, 0.717) is 6.61 Å². The number of methoxy groups -OCH3 is 2. The van der Waals surface area contributed by atoms with Crippen LogP contribution in [-0.2, 0) is 18.9 Å². The molecule has 4 atom stereocenters. The maximum Gasteiger partial charge on any atom is 0.183 e. The maximum atomic E-state index is 9.53. The van der Waals surface area contributed by atoms with Crippen LogP contribution in [0.4, 0.5) is 0 Å². The second kappa shape index (κ2) is 5.63. The number of hydrogen-bond donors (Lipinski definition) is 1. The monoisotopic (exact) mass is 206 g/mol. The molecule has 5 heteroatoms. The Morgan fingerprint density at radius 1 is 1.36 bits per heavy atom. The third-order valence-corrected chi connectivity index (χ3v) is 2.35. The first-order valence-electron chi connectivity index (χ1n) is 4.63. The van der Waals surface area contributed by atoms with E-state index in [9.17, 15) is 5.11 Å². The van der Waals surface area contributed by atoms with Crippen molar-refractivity contribution in [3.63, 3.8) is 0 Å². The normalized spacial score (nSPS) is 38.6. The van der Waals surface area contributed by atoms with Crippen molar-refractivity contribution in [3.8, 4) is 0 Å². The zero-order chi connectivity index (χ0) is 10.6. The predicted octanol–water partition coefficient (Wildman–Crippen LogP) is -0.0248. The number of hydrogen-bond acceptors (Lipinski definition) is 5.